The molecule has 1 heterocycles. The van der Waals surface area contributed by atoms with E-state index in [-0.39, 0.29) is 5.91 Å². The predicted molar refractivity (Wildman–Crippen MR) is 102 cm³/mol. The molecule has 2 aromatic carbocycles. The van der Waals surface area contributed by atoms with Crippen LogP contribution in [0.3, 0.4) is 0 Å². The fourth-order valence-electron chi connectivity index (χ4n) is 2.18. The number of halogens is 1. The van der Waals surface area contributed by atoms with Crippen molar-refractivity contribution >= 4 is 40.1 Å². The van der Waals surface area contributed by atoms with E-state index in [9.17, 15) is 9.59 Å². The number of carbonyl (C=O) groups is 2. The van der Waals surface area contributed by atoms with Gasteiger partial charge in [-0.3, -0.25) is 14.9 Å². The van der Waals surface area contributed by atoms with Gasteiger partial charge in [0.05, 0.1) is 10.6 Å². The molecule has 0 radical (unpaired) electrons. The second-order valence-corrected chi connectivity index (χ2v) is 6.61. The van der Waals surface area contributed by atoms with Crippen molar-refractivity contribution in [3.63, 3.8) is 0 Å². The van der Waals surface area contributed by atoms with Gasteiger partial charge in [-0.1, -0.05) is 54.1 Å². The number of anilines is 1. The lowest BCUT2D eigenvalue weighted by atomic mass is 10.2. The summed E-state index contributed by atoms with van der Waals surface area (Å²) in [7, 11) is 0. The van der Waals surface area contributed by atoms with Crippen molar-refractivity contribution in [2.45, 2.75) is 13.0 Å². The fourth-order valence-corrected chi connectivity index (χ4v) is 2.99. The highest BCUT2D eigenvalue weighted by Gasteiger charge is 2.19. The van der Waals surface area contributed by atoms with Gasteiger partial charge in [-0.05, 0) is 19.1 Å². The van der Waals surface area contributed by atoms with Gasteiger partial charge in [0.2, 0.25) is 11.0 Å². The average Bonchev–Trinajstić information content (AvgIpc) is 3.11. The van der Waals surface area contributed by atoms with Crippen molar-refractivity contribution in [1.82, 2.24) is 14.7 Å². The van der Waals surface area contributed by atoms with Gasteiger partial charge in [0, 0.05) is 17.1 Å². The number of nitrogens with one attached hydrogen (secondary N) is 2. The first-order chi connectivity index (χ1) is 12.5. The Morgan fingerprint density at radius 1 is 1.08 bits per heavy atom. The van der Waals surface area contributed by atoms with Crippen LogP contribution in [0, 0.1) is 0 Å². The van der Waals surface area contributed by atoms with Gasteiger partial charge in [0.15, 0.2) is 5.82 Å². The molecule has 3 aromatic rings. The van der Waals surface area contributed by atoms with E-state index < -0.39 is 11.9 Å². The topological polar surface area (TPSA) is 84.0 Å². The first-order valence-electron chi connectivity index (χ1n) is 7.80. The molecule has 0 saturated heterocycles. The highest BCUT2D eigenvalue weighted by Crippen LogP contribution is 2.21. The second kappa shape index (κ2) is 8.07. The van der Waals surface area contributed by atoms with Crippen LogP contribution in [0.15, 0.2) is 54.6 Å². The molecule has 0 aliphatic rings. The highest BCUT2D eigenvalue weighted by atomic mass is 35.5. The number of hydrogen-bond acceptors (Lipinski definition) is 5. The van der Waals surface area contributed by atoms with Crippen LogP contribution in [0.2, 0.25) is 5.02 Å². The molecule has 3 rings (SSSR count). The third-order valence-corrected chi connectivity index (χ3v) is 4.51. The Labute approximate surface area is 159 Å². The van der Waals surface area contributed by atoms with Crippen molar-refractivity contribution in [3.8, 4) is 11.4 Å². The third kappa shape index (κ3) is 4.25. The number of carbonyl (C=O) groups excluding carboxylic acids is 2. The van der Waals surface area contributed by atoms with Crippen molar-refractivity contribution < 1.29 is 9.59 Å². The Morgan fingerprint density at radius 2 is 1.77 bits per heavy atom. The molecule has 6 nitrogen and oxygen atoms in total. The van der Waals surface area contributed by atoms with E-state index in [0.717, 1.165) is 17.1 Å². The summed E-state index contributed by atoms with van der Waals surface area (Å²) in [5.74, 6) is -0.264. The standard InChI is InChI=1S/C18H15ClN4O2S/c1-11(20-17(25)13-9-5-6-10-14(13)19)16(24)22-18-21-15(23-26-18)12-7-3-2-4-8-12/h2-11H,1H3,(H,20,25)(H,21,22,23,24). The summed E-state index contributed by atoms with van der Waals surface area (Å²) >= 11 is 7.08. The van der Waals surface area contributed by atoms with Crippen LogP contribution < -0.4 is 10.6 Å². The zero-order valence-electron chi connectivity index (χ0n) is 13.8. The maximum absolute atomic E-state index is 12.3. The molecular formula is C18H15ClN4O2S. The summed E-state index contributed by atoms with van der Waals surface area (Å²) in [4.78, 5) is 28.8. The average molecular weight is 387 g/mol. The summed E-state index contributed by atoms with van der Waals surface area (Å²) in [6, 6.07) is 15.4. The molecule has 8 heteroatoms. The fraction of sp³-hybridized carbons (Fsp3) is 0.111. The lowest BCUT2D eigenvalue weighted by molar-refractivity contribution is -0.117. The maximum atomic E-state index is 12.3. The van der Waals surface area contributed by atoms with E-state index >= 15 is 0 Å². The summed E-state index contributed by atoms with van der Waals surface area (Å²) in [6.45, 7) is 1.59. The van der Waals surface area contributed by atoms with Gasteiger partial charge in [-0.15, -0.1) is 0 Å². The molecule has 1 aromatic heterocycles. The minimum Gasteiger partial charge on any atom is -0.340 e. The van der Waals surface area contributed by atoms with E-state index in [0.29, 0.717) is 21.5 Å². The highest BCUT2D eigenvalue weighted by molar-refractivity contribution is 7.10. The second-order valence-electron chi connectivity index (χ2n) is 5.45. The SMILES string of the molecule is CC(NC(=O)c1ccccc1Cl)C(=O)Nc1nc(-c2ccccc2)ns1. The van der Waals surface area contributed by atoms with Gasteiger partial charge >= 0.3 is 0 Å². The minimum atomic E-state index is -0.761. The predicted octanol–water partition coefficient (Wildman–Crippen LogP) is 3.62. The third-order valence-electron chi connectivity index (χ3n) is 3.55. The number of amides is 2. The van der Waals surface area contributed by atoms with Crippen molar-refractivity contribution in [3.05, 3.63) is 65.2 Å². The van der Waals surface area contributed by atoms with Crippen LogP contribution in [0.4, 0.5) is 5.13 Å². The summed E-state index contributed by atoms with van der Waals surface area (Å²) in [6.07, 6.45) is 0. The Hall–Kier alpha value is -2.77. The Kier molecular flexibility index (Phi) is 5.60. The molecule has 132 valence electrons. The molecule has 1 unspecified atom stereocenters. The van der Waals surface area contributed by atoms with E-state index in [1.165, 1.54) is 0 Å². The van der Waals surface area contributed by atoms with Gasteiger partial charge in [0.25, 0.3) is 5.91 Å². The Balaban J connectivity index is 1.62. The van der Waals surface area contributed by atoms with E-state index in [1.54, 1.807) is 31.2 Å². The van der Waals surface area contributed by atoms with E-state index in [1.807, 2.05) is 30.3 Å². The number of rotatable bonds is 5. The van der Waals surface area contributed by atoms with Crippen LogP contribution in [-0.2, 0) is 4.79 Å². The quantitative estimate of drug-likeness (QED) is 0.701. The summed E-state index contributed by atoms with van der Waals surface area (Å²) in [5.41, 5.74) is 1.18. The van der Waals surface area contributed by atoms with Gasteiger partial charge in [-0.25, -0.2) is 0 Å². The van der Waals surface area contributed by atoms with E-state index in [4.69, 9.17) is 11.6 Å². The molecule has 0 saturated carbocycles. The number of hydrogen-bond donors (Lipinski definition) is 2. The summed E-state index contributed by atoms with van der Waals surface area (Å²) < 4.78 is 4.23. The van der Waals surface area contributed by atoms with Gasteiger partial charge < -0.3 is 5.32 Å². The van der Waals surface area contributed by atoms with Crippen LogP contribution in [-0.4, -0.2) is 27.2 Å². The van der Waals surface area contributed by atoms with Crippen LogP contribution >= 0.6 is 23.1 Å². The van der Waals surface area contributed by atoms with Crippen molar-refractivity contribution in [2.24, 2.45) is 0 Å². The Bertz CT molecular complexity index is 930. The normalized spacial score (nSPS) is 11.6. The lowest BCUT2D eigenvalue weighted by Gasteiger charge is -2.13. The largest absolute Gasteiger partial charge is 0.340 e. The van der Waals surface area contributed by atoms with Gasteiger partial charge in [0.1, 0.15) is 6.04 Å². The molecular weight excluding hydrogens is 372 g/mol. The van der Waals surface area contributed by atoms with Crippen LogP contribution in [0.1, 0.15) is 17.3 Å². The molecule has 0 bridgehead atoms. The van der Waals surface area contributed by atoms with Crippen LogP contribution in [0.5, 0.6) is 0 Å². The molecule has 1 atom stereocenters. The summed E-state index contributed by atoms with van der Waals surface area (Å²) in [5, 5.41) is 5.97. The maximum Gasteiger partial charge on any atom is 0.253 e. The zero-order valence-corrected chi connectivity index (χ0v) is 15.3. The number of nitrogens with zero attached hydrogens (tertiary/aromatic N) is 2. The molecule has 0 aliphatic heterocycles. The molecule has 0 aliphatic carbocycles. The molecule has 0 fully saturated rings. The number of benzene rings is 2. The van der Waals surface area contributed by atoms with E-state index in [2.05, 4.69) is 20.0 Å². The smallest absolute Gasteiger partial charge is 0.253 e. The van der Waals surface area contributed by atoms with Gasteiger partial charge in [-0.2, -0.15) is 9.36 Å². The first-order valence-corrected chi connectivity index (χ1v) is 8.95. The zero-order chi connectivity index (χ0) is 18.5. The lowest BCUT2D eigenvalue weighted by Crippen LogP contribution is -2.41. The molecule has 2 N–H and O–H groups in total. The minimum absolute atomic E-state index is 0.316. The molecule has 26 heavy (non-hydrogen) atoms. The number of aromatic nitrogens is 2. The molecule has 0 spiro atoms. The van der Waals surface area contributed by atoms with Crippen molar-refractivity contribution in [2.75, 3.05) is 5.32 Å². The monoisotopic (exact) mass is 386 g/mol. The first kappa shape index (κ1) is 18.0. The van der Waals surface area contributed by atoms with Crippen molar-refractivity contribution in [1.29, 1.82) is 0 Å². The Morgan fingerprint density at radius 3 is 2.50 bits per heavy atom. The van der Waals surface area contributed by atoms with Crippen LogP contribution in [0.25, 0.3) is 11.4 Å². The molecule has 2 amide bonds.